The highest BCUT2D eigenvalue weighted by Gasteiger charge is 2.28. The molecule has 3 heterocycles. The molecule has 0 bridgehead atoms. The van der Waals surface area contributed by atoms with Crippen molar-refractivity contribution in [2.75, 3.05) is 4.72 Å². The maximum atomic E-state index is 12.2. The van der Waals surface area contributed by atoms with Crippen molar-refractivity contribution >= 4 is 44.6 Å². The number of nitrogens with zero attached hydrogens (tertiary/aromatic N) is 1. The number of nitrogens with one attached hydrogen (secondary N) is 1. The molecule has 0 radical (unpaired) electrons. The van der Waals surface area contributed by atoms with Crippen molar-refractivity contribution in [3.8, 4) is 11.3 Å². The molecule has 0 saturated carbocycles. The predicted molar refractivity (Wildman–Crippen MR) is 81.9 cm³/mol. The summed E-state index contributed by atoms with van der Waals surface area (Å²) in [7, 11) is -3.91. The van der Waals surface area contributed by atoms with Crippen molar-refractivity contribution in [3.05, 3.63) is 39.9 Å². The molecule has 0 spiro atoms. The van der Waals surface area contributed by atoms with Gasteiger partial charge in [-0.3, -0.25) is 0 Å². The Morgan fingerprint density at radius 2 is 2.14 bits per heavy atom. The van der Waals surface area contributed by atoms with Gasteiger partial charge in [0.05, 0.1) is 0 Å². The molecule has 0 atom stereocenters. The molecule has 0 saturated heterocycles. The van der Waals surface area contributed by atoms with Crippen molar-refractivity contribution in [2.45, 2.75) is 4.21 Å². The molecule has 3 aromatic rings. The maximum absolute atomic E-state index is 12.2. The second kappa shape index (κ2) is 5.55. The average molecular weight is 356 g/mol. The third-order valence-corrected chi connectivity index (χ3v) is 6.10. The lowest BCUT2D eigenvalue weighted by Gasteiger charge is -2.03. The number of aromatic carboxylic acids is 1. The molecule has 7 nitrogen and oxygen atoms in total. The summed E-state index contributed by atoms with van der Waals surface area (Å²) in [6.45, 7) is 0. The Bertz CT molecular complexity index is 895. The van der Waals surface area contributed by atoms with Crippen molar-refractivity contribution in [2.24, 2.45) is 0 Å². The Morgan fingerprint density at radius 3 is 2.73 bits per heavy atom. The van der Waals surface area contributed by atoms with E-state index in [1.54, 1.807) is 28.3 Å². The number of carboxylic acid groups (broad SMARTS) is 1. The zero-order valence-electron chi connectivity index (χ0n) is 10.7. The van der Waals surface area contributed by atoms with E-state index < -0.39 is 21.9 Å². The van der Waals surface area contributed by atoms with Gasteiger partial charge in [0.1, 0.15) is 9.90 Å². The first kappa shape index (κ1) is 14.8. The number of hydrogen-bond acceptors (Lipinski definition) is 7. The molecule has 0 aliphatic rings. The first-order valence-corrected chi connectivity index (χ1v) is 9.11. The normalized spacial score (nSPS) is 11.5. The molecule has 3 aromatic heterocycles. The lowest BCUT2D eigenvalue weighted by atomic mass is 10.1. The van der Waals surface area contributed by atoms with Crippen LogP contribution in [0.4, 0.5) is 5.88 Å². The van der Waals surface area contributed by atoms with Gasteiger partial charge in [0.25, 0.3) is 15.9 Å². The Kier molecular flexibility index (Phi) is 3.72. The van der Waals surface area contributed by atoms with E-state index in [2.05, 4.69) is 9.88 Å². The third kappa shape index (κ3) is 2.63. The van der Waals surface area contributed by atoms with E-state index in [1.807, 2.05) is 0 Å². The Morgan fingerprint density at radius 1 is 1.32 bits per heavy atom. The van der Waals surface area contributed by atoms with Crippen LogP contribution in [0.1, 0.15) is 10.4 Å². The minimum atomic E-state index is -3.91. The lowest BCUT2D eigenvalue weighted by Crippen LogP contribution is -2.13. The summed E-state index contributed by atoms with van der Waals surface area (Å²) in [5.74, 6) is -1.74. The van der Waals surface area contributed by atoms with Crippen LogP contribution in [-0.2, 0) is 10.0 Å². The molecule has 0 fully saturated rings. The Hall–Kier alpha value is -2.17. The van der Waals surface area contributed by atoms with Gasteiger partial charge < -0.3 is 9.63 Å². The van der Waals surface area contributed by atoms with Gasteiger partial charge in [0.15, 0.2) is 5.56 Å². The van der Waals surface area contributed by atoms with E-state index in [4.69, 9.17) is 4.52 Å². The number of sulfonamides is 1. The molecule has 3 rings (SSSR count). The molecule has 22 heavy (non-hydrogen) atoms. The number of hydrogen-bond donors (Lipinski definition) is 2. The van der Waals surface area contributed by atoms with Gasteiger partial charge in [-0.05, 0) is 22.9 Å². The quantitative estimate of drug-likeness (QED) is 0.727. The standard InChI is InChI=1S/C12H8N2O5S3/c15-12(16)9-10(7-3-5-20-6-7)13-19-11(9)14-22(17,18)8-2-1-4-21-8/h1-6,14H,(H,15,16). The number of rotatable bonds is 5. The van der Waals surface area contributed by atoms with E-state index in [9.17, 15) is 18.3 Å². The molecule has 0 aliphatic heterocycles. The summed E-state index contributed by atoms with van der Waals surface area (Å²) in [5, 5.41) is 18.1. The number of aromatic nitrogens is 1. The fourth-order valence-corrected chi connectivity index (χ4v) is 4.37. The van der Waals surface area contributed by atoms with Crippen LogP contribution in [0.2, 0.25) is 0 Å². The van der Waals surface area contributed by atoms with E-state index in [0.717, 1.165) is 11.3 Å². The molecular formula is C12H8N2O5S3. The number of thiophene rings is 2. The smallest absolute Gasteiger partial charge is 0.343 e. The highest BCUT2D eigenvalue weighted by Crippen LogP contribution is 2.31. The minimum Gasteiger partial charge on any atom is -0.477 e. The summed E-state index contributed by atoms with van der Waals surface area (Å²) in [6.07, 6.45) is 0. The van der Waals surface area contributed by atoms with E-state index in [-0.39, 0.29) is 15.5 Å². The van der Waals surface area contributed by atoms with Gasteiger partial charge in [-0.1, -0.05) is 11.2 Å². The van der Waals surface area contributed by atoms with E-state index in [0.29, 0.717) is 5.56 Å². The first-order valence-electron chi connectivity index (χ1n) is 5.81. The van der Waals surface area contributed by atoms with E-state index >= 15 is 0 Å². The largest absolute Gasteiger partial charge is 0.477 e. The molecule has 0 amide bonds. The van der Waals surface area contributed by atoms with Crippen molar-refractivity contribution in [1.29, 1.82) is 0 Å². The summed E-state index contributed by atoms with van der Waals surface area (Å²) >= 11 is 2.37. The second-order valence-corrected chi connectivity index (χ2v) is 7.73. The van der Waals surface area contributed by atoms with Crippen LogP contribution >= 0.6 is 22.7 Å². The minimum absolute atomic E-state index is 0.0531. The predicted octanol–water partition coefficient (Wildman–Crippen LogP) is 2.96. The van der Waals surface area contributed by atoms with Gasteiger partial charge in [0.2, 0.25) is 0 Å². The maximum Gasteiger partial charge on any atom is 0.343 e. The fourth-order valence-electron chi connectivity index (χ4n) is 1.74. The van der Waals surface area contributed by atoms with Crippen LogP contribution in [0, 0.1) is 0 Å². The molecule has 114 valence electrons. The van der Waals surface area contributed by atoms with Crippen LogP contribution in [0.15, 0.2) is 43.1 Å². The topological polar surface area (TPSA) is 110 Å². The second-order valence-electron chi connectivity index (χ2n) is 4.09. The van der Waals surface area contributed by atoms with Gasteiger partial charge >= 0.3 is 5.97 Å². The molecule has 0 aromatic carbocycles. The van der Waals surface area contributed by atoms with Gasteiger partial charge in [0, 0.05) is 10.9 Å². The van der Waals surface area contributed by atoms with Crippen LogP contribution < -0.4 is 4.72 Å². The molecule has 0 unspecified atom stereocenters. The third-order valence-electron chi connectivity index (χ3n) is 2.69. The van der Waals surface area contributed by atoms with Crippen molar-refractivity contribution in [1.82, 2.24) is 5.16 Å². The van der Waals surface area contributed by atoms with Crippen LogP contribution in [-0.4, -0.2) is 24.7 Å². The average Bonchev–Trinajstić information content (AvgIpc) is 3.19. The lowest BCUT2D eigenvalue weighted by molar-refractivity contribution is 0.0698. The first-order chi connectivity index (χ1) is 10.5. The van der Waals surface area contributed by atoms with Crippen molar-refractivity contribution < 1.29 is 22.8 Å². The fraction of sp³-hybridized carbons (Fsp3) is 0. The van der Waals surface area contributed by atoms with Crippen LogP contribution in [0.25, 0.3) is 11.3 Å². The van der Waals surface area contributed by atoms with Crippen molar-refractivity contribution in [3.63, 3.8) is 0 Å². The molecular weight excluding hydrogens is 348 g/mol. The Balaban J connectivity index is 2.04. The molecule has 10 heteroatoms. The van der Waals surface area contributed by atoms with Crippen LogP contribution in [0.5, 0.6) is 0 Å². The van der Waals surface area contributed by atoms with Gasteiger partial charge in [-0.2, -0.15) is 11.3 Å². The summed E-state index contributed by atoms with van der Waals surface area (Å²) in [4.78, 5) is 11.4. The number of anilines is 1. The van der Waals surface area contributed by atoms with Crippen LogP contribution in [0.3, 0.4) is 0 Å². The molecule has 2 N–H and O–H groups in total. The zero-order valence-corrected chi connectivity index (χ0v) is 13.2. The Labute approximate surface area is 132 Å². The summed E-state index contributed by atoms with van der Waals surface area (Å²) in [6, 6.07) is 4.66. The molecule has 0 aliphatic carbocycles. The number of carbonyl (C=O) groups is 1. The summed E-state index contributed by atoms with van der Waals surface area (Å²) in [5.41, 5.74) is 0.309. The van der Waals surface area contributed by atoms with Gasteiger partial charge in [-0.25, -0.2) is 17.9 Å². The monoisotopic (exact) mass is 356 g/mol. The summed E-state index contributed by atoms with van der Waals surface area (Å²) < 4.78 is 31.4. The highest BCUT2D eigenvalue weighted by molar-refractivity contribution is 7.94. The highest BCUT2D eigenvalue weighted by atomic mass is 32.2. The van der Waals surface area contributed by atoms with E-state index in [1.165, 1.54) is 17.4 Å². The zero-order chi connectivity index (χ0) is 15.7. The SMILES string of the molecule is O=C(O)c1c(-c2ccsc2)noc1NS(=O)(=O)c1cccs1. The van der Waals surface area contributed by atoms with Gasteiger partial charge in [-0.15, -0.1) is 11.3 Å². The number of carboxylic acids is 1.